The molecular formula is C58H45N8Na3O11S3Zn. The number of aryl methyl sites for hydroxylation is 1. The first-order valence-corrected chi connectivity index (χ1v) is 30.1. The van der Waals surface area contributed by atoms with Crippen LogP contribution < -0.4 is 88.7 Å². The molecule has 0 spiro atoms. The van der Waals surface area contributed by atoms with Crippen molar-refractivity contribution in [1.82, 2.24) is 39.9 Å². The van der Waals surface area contributed by atoms with Crippen LogP contribution in [0.3, 0.4) is 0 Å². The second-order valence-electron chi connectivity index (χ2n) is 21.4. The van der Waals surface area contributed by atoms with Crippen molar-refractivity contribution < 1.29 is 157 Å². The van der Waals surface area contributed by atoms with Gasteiger partial charge in [0.15, 0.2) is 23.3 Å². The van der Waals surface area contributed by atoms with Crippen LogP contribution >= 0.6 is 0 Å². The zero-order chi connectivity index (χ0) is 55.7. The number of aromatic hydroxyl groups is 1. The van der Waals surface area contributed by atoms with Gasteiger partial charge < -0.3 is 33.8 Å². The van der Waals surface area contributed by atoms with E-state index in [0.717, 1.165) is 87.8 Å². The molecule has 84 heavy (non-hydrogen) atoms. The van der Waals surface area contributed by atoms with Crippen LogP contribution in [-0.4, -0.2) is 94.6 Å². The molecular weight excluding hydrogens is 1220 g/mol. The molecule has 0 amide bonds. The first-order chi connectivity index (χ1) is 38.1. The number of aromatic nitrogens is 8. The van der Waals surface area contributed by atoms with Gasteiger partial charge in [0, 0.05) is 75.3 Å². The average molecular weight is 1260 g/mol. The van der Waals surface area contributed by atoms with Gasteiger partial charge in [-0.1, -0.05) is 24.8 Å². The Balaban J connectivity index is 0.00000212. The molecule has 5 atom stereocenters. The largest absolute Gasteiger partial charge is 1.00 e. The summed E-state index contributed by atoms with van der Waals surface area (Å²) in [6.07, 6.45) is 8.81. The Morgan fingerprint density at radius 3 is 1.69 bits per heavy atom. The SMILES string of the molecule is C[C@]12CC[C@@H]3c4ccc(O)cc4CC[C@H]3[C@@H]1CC[C@]2(O)CCCCC#CC#Cc1ccc2c(c1)-c1nc-2nc2[nH]c(nc3nc(nc4[nH]c(n1)c1ccc(S(=O)(=O)[O-])cc41)-c1ccc(S(=O)(=O)[O-])cc1-3)c1ccc(S(=O)(=O)[O-])cc21.[Na+].[Na+].[Na+].[Zn]. The number of unbranched alkanes of at least 4 members (excludes halogenated alkanes) is 2. The monoisotopic (exact) mass is 1260 g/mol. The van der Waals surface area contributed by atoms with Crippen molar-refractivity contribution in [3.05, 3.63) is 108 Å². The third kappa shape index (κ3) is 11.6. The van der Waals surface area contributed by atoms with Gasteiger partial charge in [0.2, 0.25) is 0 Å². The summed E-state index contributed by atoms with van der Waals surface area (Å²) >= 11 is 0. The third-order valence-electron chi connectivity index (χ3n) is 17.1. The maximum atomic E-state index is 12.3. The van der Waals surface area contributed by atoms with Crippen LogP contribution in [0.5, 0.6) is 5.75 Å². The topological polar surface area (TPSA) is 321 Å². The molecule has 5 heterocycles. The van der Waals surface area contributed by atoms with Crippen molar-refractivity contribution in [2.45, 2.75) is 97.3 Å². The fourth-order valence-corrected chi connectivity index (χ4v) is 14.7. The van der Waals surface area contributed by atoms with E-state index in [1.807, 2.05) is 6.07 Å². The molecule has 0 radical (unpaired) electrons. The van der Waals surface area contributed by atoms with Crippen molar-refractivity contribution in [1.29, 1.82) is 0 Å². The minimum atomic E-state index is -4.99. The molecule has 19 nitrogen and oxygen atoms in total. The van der Waals surface area contributed by atoms with Crippen molar-refractivity contribution in [2.24, 2.45) is 17.3 Å². The number of fused-ring (bicyclic) bond motifs is 25. The number of nitrogens with zero attached hydrogens (tertiary/aromatic N) is 6. The van der Waals surface area contributed by atoms with Crippen LogP contribution in [0.1, 0.15) is 87.3 Å². The first kappa shape index (κ1) is 64.2. The minimum absolute atomic E-state index is 0. The van der Waals surface area contributed by atoms with Gasteiger partial charge in [-0.15, -0.1) is 0 Å². The summed E-state index contributed by atoms with van der Waals surface area (Å²) in [4.78, 5) is 33.1. The number of phenols is 1. The number of benzene rings is 5. The van der Waals surface area contributed by atoms with Crippen molar-refractivity contribution in [2.75, 3.05) is 0 Å². The van der Waals surface area contributed by atoms with Crippen LogP contribution in [-0.2, 0) is 56.3 Å². The van der Waals surface area contributed by atoms with Gasteiger partial charge in [-0.3, -0.25) is 0 Å². The fourth-order valence-electron chi connectivity index (χ4n) is 13.2. The van der Waals surface area contributed by atoms with Gasteiger partial charge >= 0.3 is 88.7 Å². The summed E-state index contributed by atoms with van der Waals surface area (Å²) < 4.78 is 111. The molecule has 13 rings (SSSR count). The Bertz CT molecular complexity index is 4700. The standard InChI is InChI=1S/C58H48N8O11S3.3Na.Zn/c1-57-24-21-38-37-17-11-33(67)27-32(37)10-16-39(38)48(57)22-25-58(57,68)23-7-5-3-2-4-6-8-31-9-15-40-44(26-31)53-59-49(40)61-54-46-29-35(79(72,73)74)13-19-42(46)51(63-54)65-56-47-30-36(80(75,76)77)14-20-43(47)52(66-56)64-55-45-28-34(78(69,70)71)12-18-41(45)50(60-53)62-55;;;;/h9,11-15,17-20,26-30,38-39,48,67-68H,3,5,7,10,16,21-25H2,1H3,(H,69,70,71)(H,72,73,74)(H,75,76,77)(H2,59,60,61,62,63,64,65,66);;;;/q;3*+1;/p-3/t38-,39-,48+,57+,58-;;;;/m1..../s1. The van der Waals surface area contributed by atoms with E-state index in [-0.39, 0.29) is 187 Å². The number of hydrogen-bond acceptors (Lipinski definition) is 17. The Morgan fingerprint density at radius 1 is 0.583 bits per heavy atom. The van der Waals surface area contributed by atoms with E-state index in [9.17, 15) is 49.1 Å². The van der Waals surface area contributed by atoms with E-state index in [4.69, 9.17) is 24.9 Å². The molecule has 406 valence electrons. The molecule has 2 saturated carbocycles. The molecule has 8 bridgehead atoms. The Morgan fingerprint density at radius 2 is 1.11 bits per heavy atom. The Labute approximate surface area is 562 Å². The summed E-state index contributed by atoms with van der Waals surface area (Å²) in [6, 6.07) is 21.7. The predicted molar refractivity (Wildman–Crippen MR) is 291 cm³/mol. The summed E-state index contributed by atoms with van der Waals surface area (Å²) in [6.45, 7) is 2.31. The second-order valence-corrected chi connectivity index (χ2v) is 25.6. The van der Waals surface area contributed by atoms with E-state index in [0.29, 0.717) is 58.4 Å². The number of phenolic OH excluding ortho intramolecular Hbond substituents is 1. The molecule has 2 aliphatic heterocycles. The third-order valence-corrected chi connectivity index (χ3v) is 19.6. The van der Waals surface area contributed by atoms with E-state index in [1.54, 1.807) is 24.3 Å². The van der Waals surface area contributed by atoms with Gasteiger partial charge in [-0.2, -0.15) is 0 Å². The minimum Gasteiger partial charge on any atom is -0.744 e. The summed E-state index contributed by atoms with van der Waals surface area (Å²) in [5.74, 6) is 14.0. The second kappa shape index (κ2) is 24.0. The van der Waals surface area contributed by atoms with Gasteiger partial charge in [0.05, 0.1) is 20.3 Å². The molecule has 4 N–H and O–H groups in total. The van der Waals surface area contributed by atoms with Crippen LogP contribution in [0.4, 0.5) is 0 Å². The number of rotatable bonds is 7. The quantitative estimate of drug-likeness (QED) is 0.0677. The summed E-state index contributed by atoms with van der Waals surface area (Å²) in [5.41, 5.74) is 3.63. The van der Waals surface area contributed by atoms with Crippen molar-refractivity contribution in [3.8, 4) is 75.0 Å². The average Bonchev–Trinajstić information content (AvgIpc) is 1.64. The number of H-pyrrole nitrogens is 2. The van der Waals surface area contributed by atoms with Crippen molar-refractivity contribution >= 4 is 74.5 Å². The smallest absolute Gasteiger partial charge is 0.744 e. The maximum absolute atomic E-state index is 12.3. The fraction of sp³-hybridized carbons (Fsp3) is 0.276. The molecule has 3 aromatic heterocycles. The number of hydrogen-bond donors (Lipinski definition) is 4. The number of aliphatic hydroxyl groups is 1. The molecule has 3 aliphatic carbocycles. The van der Waals surface area contributed by atoms with Gasteiger partial charge in [0.1, 0.15) is 58.7 Å². The van der Waals surface area contributed by atoms with E-state index < -0.39 is 50.6 Å². The van der Waals surface area contributed by atoms with E-state index >= 15 is 0 Å². The zero-order valence-electron chi connectivity index (χ0n) is 46.1. The van der Waals surface area contributed by atoms with Crippen molar-refractivity contribution in [3.63, 3.8) is 0 Å². The van der Waals surface area contributed by atoms with Crippen LogP contribution in [0.2, 0.25) is 0 Å². The van der Waals surface area contributed by atoms with Gasteiger partial charge in [0.25, 0.3) is 0 Å². The molecule has 5 aromatic carbocycles. The van der Waals surface area contributed by atoms with Crippen LogP contribution in [0.15, 0.2) is 106 Å². The number of aromatic amines is 2. The normalized spacial score (nSPS) is 20.1. The van der Waals surface area contributed by atoms with Gasteiger partial charge in [-0.25, -0.2) is 55.2 Å². The zero-order valence-corrected chi connectivity index (χ0v) is 57.6. The Kier molecular flexibility index (Phi) is 18.3. The Hall–Kier alpha value is -4.31. The van der Waals surface area contributed by atoms with E-state index in [1.165, 1.54) is 29.3 Å². The first-order valence-electron chi connectivity index (χ1n) is 25.9. The van der Waals surface area contributed by atoms with Gasteiger partial charge in [-0.05, 0) is 189 Å². The predicted octanol–water partition coefficient (Wildman–Crippen LogP) is -0.501. The van der Waals surface area contributed by atoms with Crippen LogP contribution in [0.25, 0.3) is 89.7 Å². The summed E-state index contributed by atoms with van der Waals surface area (Å²) in [5, 5.41) is 23.2. The summed E-state index contributed by atoms with van der Waals surface area (Å²) in [7, 11) is -14.9. The molecule has 8 aromatic rings. The molecule has 26 heteroatoms. The van der Waals surface area contributed by atoms with E-state index in [2.05, 4.69) is 51.6 Å². The molecule has 0 saturated heterocycles. The maximum Gasteiger partial charge on any atom is 1.00 e. The molecule has 0 unspecified atom stereocenters. The molecule has 2 fully saturated rings. The molecule has 5 aliphatic rings. The van der Waals surface area contributed by atoms with Crippen LogP contribution in [0, 0.1) is 40.9 Å². The number of nitrogens with one attached hydrogen (secondary N) is 2.